The molecule has 1 aromatic rings. The number of aromatic amines is 1. The van der Waals surface area contributed by atoms with E-state index in [9.17, 15) is 23.1 Å². The van der Waals surface area contributed by atoms with Gasteiger partial charge in [-0.1, -0.05) is 34.7 Å². The van der Waals surface area contributed by atoms with Crippen LogP contribution in [-0.4, -0.2) is 111 Å². The Hall–Kier alpha value is -1.49. The fourth-order valence-electron chi connectivity index (χ4n) is 4.44. The number of alkyl halides is 4. The predicted molar refractivity (Wildman–Crippen MR) is 146 cm³/mol. The van der Waals surface area contributed by atoms with Crippen LogP contribution in [0.15, 0.2) is 40.9 Å². The van der Waals surface area contributed by atoms with Gasteiger partial charge in [-0.3, -0.25) is 4.99 Å². The van der Waals surface area contributed by atoms with Crippen molar-refractivity contribution in [1.29, 1.82) is 0 Å². The number of nitrogens with zero attached hydrogens (tertiary/aromatic N) is 4. The molecule has 0 saturated carbocycles. The van der Waals surface area contributed by atoms with Gasteiger partial charge in [-0.05, 0) is 18.6 Å². The number of H-pyrrole nitrogens is 1. The second-order valence-corrected chi connectivity index (χ2v) is 12.5. The van der Waals surface area contributed by atoms with E-state index >= 15 is 0 Å². The third kappa shape index (κ3) is 7.34. The Balaban J connectivity index is 1.26. The molecule has 0 radical (unpaired) electrons. The van der Waals surface area contributed by atoms with Crippen LogP contribution in [-0.2, 0) is 4.79 Å². The van der Waals surface area contributed by atoms with Crippen LogP contribution >= 0.6 is 22.6 Å². The van der Waals surface area contributed by atoms with Crippen molar-refractivity contribution in [2.45, 2.75) is 38.9 Å². The summed E-state index contributed by atoms with van der Waals surface area (Å²) in [5, 5.41) is 12.3. The van der Waals surface area contributed by atoms with Crippen molar-refractivity contribution in [2.24, 2.45) is 4.99 Å². The van der Waals surface area contributed by atoms with E-state index in [2.05, 4.69) is 50.7 Å². The van der Waals surface area contributed by atoms with E-state index in [1.54, 1.807) is 4.90 Å². The van der Waals surface area contributed by atoms with Gasteiger partial charge >= 0.3 is 137 Å². The van der Waals surface area contributed by atoms with Crippen LogP contribution < -0.4 is 10.7 Å². The second kappa shape index (κ2) is 12.6. The zero-order valence-electron chi connectivity index (χ0n) is 20.2. The molecule has 3 heterocycles. The van der Waals surface area contributed by atoms with Gasteiger partial charge in [0.25, 0.3) is 0 Å². The molecule has 4 rings (SSSR count). The zero-order valence-corrected chi connectivity index (χ0v) is 26.8. The summed E-state index contributed by atoms with van der Waals surface area (Å²) >= 11 is 2.84. The molecule has 0 aromatic carbocycles. The van der Waals surface area contributed by atoms with Gasteiger partial charge in [0.2, 0.25) is 0 Å². The number of hydrogen-bond donors (Lipinski definition) is 2. The average molecular weight is 819 g/mol. The number of nitrogens with one attached hydrogen (secondary N) is 1. The van der Waals surface area contributed by atoms with Crippen molar-refractivity contribution >= 4 is 72.3 Å². The normalized spacial score (nSPS) is 23.4. The number of amides is 1. The van der Waals surface area contributed by atoms with Gasteiger partial charge in [0, 0.05) is 3.92 Å². The van der Waals surface area contributed by atoms with E-state index in [0.29, 0.717) is 66.4 Å². The fraction of sp³-hybridized carbons (Fsp3) is 0.480. The van der Waals surface area contributed by atoms with Crippen LogP contribution in [0.2, 0.25) is 3.98 Å². The first-order valence-electron chi connectivity index (χ1n) is 12.2. The van der Waals surface area contributed by atoms with E-state index in [1.807, 2.05) is 6.08 Å². The molecule has 3 aliphatic rings. The van der Waals surface area contributed by atoms with Gasteiger partial charge in [-0.25, -0.2) is 4.98 Å². The standard InChI is InChI=1S/C25H28F3IN5O2.Tl/c1-2-17(25(26,27)28)4-3-5-21(35)24(36)34-12-10-33(11-13-34)22-9-6-16(15-30-22)23-31-19-8-7-18(29)14-20(19)32-23;/h2-4,6,8-9,14,16,18,21,35H,1,5,7,10-13,15H2,(H,31,32);/b4-3-,17-2+;. The number of halogens is 4. The molecule has 0 bridgehead atoms. The number of piperazine rings is 1. The maximum atomic E-state index is 13.0. The number of carbonyl (C=O) groups excluding carboxylic acids is 1. The van der Waals surface area contributed by atoms with E-state index in [0.717, 1.165) is 40.9 Å². The Bertz CT molecular complexity index is 1230. The van der Waals surface area contributed by atoms with Crippen molar-refractivity contribution in [3.05, 3.63) is 52.5 Å². The number of imidazole rings is 1. The number of fused-ring (bicyclic) bond motifs is 1. The number of allylic oxidation sites excluding steroid dienone is 3. The summed E-state index contributed by atoms with van der Waals surface area (Å²) in [7, 11) is 0. The first-order valence-corrected chi connectivity index (χ1v) is 16.6. The van der Waals surface area contributed by atoms with Crippen LogP contribution in [0, 0.1) is 0 Å². The van der Waals surface area contributed by atoms with E-state index in [1.165, 1.54) is 6.08 Å². The van der Waals surface area contributed by atoms with Crippen molar-refractivity contribution in [1.82, 2.24) is 19.8 Å². The molecule has 12 heteroatoms. The predicted octanol–water partition coefficient (Wildman–Crippen LogP) is 1.76. The molecule has 1 aromatic heterocycles. The van der Waals surface area contributed by atoms with Crippen LogP contribution in [0.1, 0.15) is 24.6 Å². The van der Waals surface area contributed by atoms with Crippen molar-refractivity contribution in [3.63, 3.8) is 0 Å². The van der Waals surface area contributed by atoms with Crippen LogP contribution in [0.5, 0.6) is 0 Å². The Labute approximate surface area is 242 Å². The van der Waals surface area contributed by atoms with Crippen LogP contribution in [0.4, 0.5) is 13.2 Å². The summed E-state index contributed by atoms with van der Waals surface area (Å²) in [6, 6.07) is 0. The number of aliphatic hydroxyl groups is 1. The molecule has 37 heavy (non-hydrogen) atoms. The van der Waals surface area contributed by atoms with E-state index in [-0.39, 0.29) is 12.3 Å². The molecule has 1 aliphatic carbocycles. The van der Waals surface area contributed by atoms with Gasteiger partial charge in [-0.2, -0.15) is 0 Å². The molecule has 7 nitrogen and oxygen atoms in total. The molecule has 0 spiro atoms. The third-order valence-electron chi connectivity index (χ3n) is 6.46. The topological polar surface area (TPSA) is 84.8 Å². The van der Waals surface area contributed by atoms with Gasteiger partial charge in [-0.15, -0.1) is 0 Å². The minimum atomic E-state index is -4.43. The van der Waals surface area contributed by atoms with Gasteiger partial charge in [0.05, 0.1) is 23.2 Å². The van der Waals surface area contributed by atoms with Gasteiger partial charge < -0.3 is 4.98 Å². The summed E-state index contributed by atoms with van der Waals surface area (Å²) in [5.74, 6) is 1.40. The third-order valence-corrected chi connectivity index (χ3v) is 8.25. The Kier molecular flexibility index (Phi) is 9.69. The summed E-state index contributed by atoms with van der Waals surface area (Å²) in [4.78, 5) is 29.2. The number of aliphatic imine (C=N–C) groups is 1. The van der Waals surface area contributed by atoms with Crippen LogP contribution in [0.3, 0.4) is 0 Å². The Morgan fingerprint density at radius 3 is 2.73 bits per heavy atom. The van der Waals surface area contributed by atoms with Gasteiger partial charge in [0.1, 0.15) is 11.7 Å². The molecule has 3 atom stereocenters. The summed E-state index contributed by atoms with van der Waals surface area (Å²) in [5.41, 5.74) is -0.732. The second-order valence-electron chi connectivity index (χ2n) is 9.07. The number of rotatable bonds is 6. The van der Waals surface area contributed by atoms with Crippen molar-refractivity contribution in [2.75, 3.05) is 32.7 Å². The van der Waals surface area contributed by atoms with Crippen molar-refractivity contribution in [3.8, 4) is 0 Å². The maximum absolute atomic E-state index is 13.0. The van der Waals surface area contributed by atoms with Crippen LogP contribution in [0.25, 0.3) is 12.2 Å². The number of aliphatic hydroxyl groups excluding tert-OH is 1. The number of dihydropyridines is 1. The summed E-state index contributed by atoms with van der Waals surface area (Å²) in [6.07, 6.45) is 6.82. The molecule has 1 saturated heterocycles. The molecular formula is C25H28F3IN5O2Tl. The summed E-state index contributed by atoms with van der Waals surface area (Å²) in [6.45, 7) is 2.56. The fourth-order valence-corrected chi connectivity index (χ4v) is 6.04. The number of carbonyl (C=O) groups is 1. The first-order chi connectivity index (χ1) is 17.7. The SMILES string of the molecule is O=C(C(O)C/C=C\C(=C/[CH2][Tl])C(F)(F)F)N1CCN(C2=NCC(c3nc4c([nH]3)=CC(I)CC=4)C=C2)CC1. The molecule has 2 N–H and O–H groups in total. The number of hydrogen-bond acceptors (Lipinski definition) is 5. The molecule has 196 valence electrons. The van der Waals surface area contributed by atoms with Gasteiger partial charge in [0.15, 0.2) is 0 Å². The molecule has 1 amide bonds. The first kappa shape index (κ1) is 28.5. The molecule has 3 unspecified atom stereocenters. The molecular weight excluding hydrogens is 791 g/mol. The minimum absolute atomic E-state index is 0.0856. The Morgan fingerprint density at radius 1 is 1.32 bits per heavy atom. The van der Waals surface area contributed by atoms with E-state index in [4.69, 9.17) is 9.98 Å². The number of aromatic nitrogens is 2. The molecule has 1 fully saturated rings. The number of amidine groups is 1. The summed E-state index contributed by atoms with van der Waals surface area (Å²) < 4.78 is 39.8. The van der Waals surface area contributed by atoms with Crippen molar-refractivity contribution < 1.29 is 23.1 Å². The van der Waals surface area contributed by atoms with E-state index < -0.39 is 23.8 Å². The average Bonchev–Trinajstić information content (AvgIpc) is 3.30. The quantitative estimate of drug-likeness (QED) is 0.199. The zero-order chi connectivity index (χ0) is 26.6. The molecule has 2 aliphatic heterocycles. The monoisotopic (exact) mass is 819 g/mol. The Morgan fingerprint density at radius 2 is 2.08 bits per heavy atom.